The van der Waals surface area contributed by atoms with E-state index in [0.29, 0.717) is 0 Å². The lowest BCUT2D eigenvalue weighted by Gasteiger charge is -1.89. The minimum absolute atomic E-state index is 0.684. The molecule has 9 heteroatoms. The molecule has 0 saturated carbocycles. The van der Waals surface area contributed by atoms with E-state index < -0.39 is 22.1 Å². The van der Waals surface area contributed by atoms with E-state index >= 15 is 0 Å². The van der Waals surface area contributed by atoms with Crippen molar-refractivity contribution in [1.82, 2.24) is 10.9 Å². The third-order valence-electron chi connectivity index (χ3n) is 0.844. The van der Waals surface area contributed by atoms with Crippen LogP contribution in [0.3, 0.4) is 0 Å². The minimum atomic E-state index is -0.872. The molecule has 1 aliphatic rings. The van der Waals surface area contributed by atoms with Gasteiger partial charge in [0.15, 0.2) is 0 Å². The number of nitrogens with one attached hydrogen (secondary N) is 2. The van der Waals surface area contributed by atoms with Gasteiger partial charge in [-0.2, -0.15) is 5.43 Å². The van der Waals surface area contributed by atoms with Gasteiger partial charge in [0.05, 0.1) is 0 Å². The number of aliphatic imine (C=N–C) groups is 1. The number of rotatable bonds is 1. The Labute approximate surface area is 59.4 Å². The molecule has 0 aromatic carbocycles. The maximum absolute atomic E-state index is 9.91. The summed E-state index contributed by atoms with van der Waals surface area (Å²) in [6.07, 6.45) is -0.684. The lowest BCUT2D eigenvalue weighted by molar-refractivity contribution is -0.472. The molecule has 9 nitrogen and oxygen atoms in total. The van der Waals surface area contributed by atoms with Crippen LogP contribution in [0.5, 0.6) is 0 Å². The number of guanidine groups is 1. The van der Waals surface area contributed by atoms with Crippen molar-refractivity contribution in [2.24, 2.45) is 4.99 Å². The van der Waals surface area contributed by atoms with Crippen LogP contribution in [0.2, 0.25) is 0 Å². The topological polar surface area (TPSA) is 123 Å². The average molecular weight is 160 g/mol. The fraction of sp³-hybridized carbons (Fsp3) is 0. The van der Waals surface area contributed by atoms with E-state index in [4.69, 9.17) is 0 Å². The van der Waals surface area contributed by atoms with Gasteiger partial charge in [-0.25, -0.2) is 0 Å². The number of hydrazine groups is 1. The van der Waals surface area contributed by atoms with Crippen LogP contribution in [-0.4, -0.2) is 15.8 Å². The van der Waals surface area contributed by atoms with Gasteiger partial charge in [-0.15, -0.1) is 0 Å². The number of nitrogens with zero attached hydrogens (tertiary/aromatic N) is 3. The zero-order valence-corrected chi connectivity index (χ0v) is 4.97. The van der Waals surface area contributed by atoms with Gasteiger partial charge in [-0.05, 0) is 4.92 Å². The smallest absolute Gasteiger partial charge is 0.390 e. The standard InChI is InChI=1S/C2H2N5O4/c8-6(9)1-3-2(5-4-1)7(10)11/h4H,(H,3,5). The molecular formula is C2H2N5O4. The largest absolute Gasteiger partial charge is 0.583 e. The van der Waals surface area contributed by atoms with Crippen molar-refractivity contribution < 1.29 is 9.85 Å². The van der Waals surface area contributed by atoms with Crippen LogP contribution in [0.4, 0.5) is 0 Å². The van der Waals surface area contributed by atoms with Crippen molar-refractivity contribution in [2.45, 2.75) is 0 Å². The van der Waals surface area contributed by atoms with Crippen molar-refractivity contribution in [3.05, 3.63) is 26.5 Å². The Kier molecular flexibility index (Phi) is 1.64. The first kappa shape index (κ1) is 7.34. The zero-order valence-electron chi connectivity index (χ0n) is 4.97. The van der Waals surface area contributed by atoms with E-state index in [0.717, 1.165) is 0 Å². The zero-order chi connectivity index (χ0) is 8.43. The van der Waals surface area contributed by atoms with Gasteiger partial charge < -0.3 is 10.1 Å². The molecule has 0 aromatic rings. The van der Waals surface area contributed by atoms with Crippen LogP contribution in [0.1, 0.15) is 0 Å². The molecule has 0 saturated heterocycles. The van der Waals surface area contributed by atoms with E-state index in [1.165, 1.54) is 0 Å². The van der Waals surface area contributed by atoms with E-state index in [-0.39, 0.29) is 0 Å². The summed E-state index contributed by atoms with van der Waals surface area (Å²) in [5.74, 6) is -0.684. The quantitative estimate of drug-likeness (QED) is 0.353. The molecule has 0 atom stereocenters. The summed E-state index contributed by atoms with van der Waals surface area (Å²) < 4.78 is 0. The molecule has 0 amide bonds. The molecule has 1 rings (SSSR count). The molecule has 0 aromatic heterocycles. The van der Waals surface area contributed by atoms with Gasteiger partial charge in [-0.1, -0.05) is 5.43 Å². The van der Waals surface area contributed by atoms with Gasteiger partial charge in [0, 0.05) is 4.99 Å². The van der Waals surface area contributed by atoms with Gasteiger partial charge in [0.1, 0.15) is 4.92 Å². The van der Waals surface area contributed by atoms with E-state index in [1.807, 2.05) is 10.9 Å². The Bertz CT molecular complexity index is 235. The van der Waals surface area contributed by atoms with Crippen LogP contribution in [0, 0.1) is 26.5 Å². The summed E-state index contributed by atoms with van der Waals surface area (Å²) in [7, 11) is 0. The highest BCUT2D eigenvalue weighted by Gasteiger charge is 2.39. The monoisotopic (exact) mass is 160 g/mol. The van der Waals surface area contributed by atoms with E-state index in [9.17, 15) is 20.2 Å². The van der Waals surface area contributed by atoms with Crippen LogP contribution < -0.4 is 10.9 Å². The van der Waals surface area contributed by atoms with Crippen LogP contribution >= 0.6 is 0 Å². The summed E-state index contributed by atoms with van der Waals surface area (Å²) in [6.45, 7) is 0. The molecule has 0 aliphatic carbocycles. The maximum atomic E-state index is 9.91. The number of hydrogen-bond acceptors (Lipinski definition) is 7. The van der Waals surface area contributed by atoms with Gasteiger partial charge in [0.25, 0.3) is 0 Å². The number of hydrogen-bond donors (Lipinski definition) is 2. The van der Waals surface area contributed by atoms with Crippen molar-refractivity contribution >= 4 is 5.96 Å². The fourth-order valence-electron chi connectivity index (χ4n) is 0.441. The molecular weight excluding hydrogens is 158 g/mol. The molecule has 1 aliphatic heterocycles. The first-order valence-electron chi connectivity index (χ1n) is 2.37. The summed E-state index contributed by atoms with van der Waals surface area (Å²) in [4.78, 5) is 21.1. The Morgan fingerprint density at radius 1 is 1.18 bits per heavy atom. The lowest BCUT2D eigenvalue weighted by Crippen LogP contribution is -2.36. The van der Waals surface area contributed by atoms with Crippen molar-refractivity contribution in [3.63, 3.8) is 0 Å². The Balaban J connectivity index is 2.68. The van der Waals surface area contributed by atoms with E-state index in [2.05, 4.69) is 4.99 Å². The molecule has 0 spiro atoms. The third kappa shape index (κ3) is 1.38. The Morgan fingerprint density at radius 3 is 2.09 bits per heavy atom. The van der Waals surface area contributed by atoms with Gasteiger partial charge in [0.2, 0.25) is 0 Å². The Morgan fingerprint density at radius 2 is 1.82 bits per heavy atom. The number of nitro groups is 2. The third-order valence-corrected chi connectivity index (χ3v) is 0.844. The highest BCUT2D eigenvalue weighted by molar-refractivity contribution is 5.73. The summed E-state index contributed by atoms with van der Waals surface area (Å²) >= 11 is 0. The van der Waals surface area contributed by atoms with Crippen LogP contribution in [-0.2, 0) is 0 Å². The fourth-order valence-corrected chi connectivity index (χ4v) is 0.441. The second kappa shape index (κ2) is 2.46. The molecule has 1 heterocycles. The van der Waals surface area contributed by atoms with Gasteiger partial charge >= 0.3 is 12.2 Å². The van der Waals surface area contributed by atoms with Crippen molar-refractivity contribution in [2.75, 3.05) is 0 Å². The summed E-state index contributed by atoms with van der Waals surface area (Å²) in [5, 5.41) is 19.8. The predicted molar refractivity (Wildman–Crippen MR) is 30.9 cm³/mol. The van der Waals surface area contributed by atoms with Crippen molar-refractivity contribution in [1.29, 1.82) is 0 Å². The second-order valence-electron chi connectivity index (χ2n) is 1.52. The highest BCUT2D eigenvalue weighted by Crippen LogP contribution is 2.01. The first-order valence-corrected chi connectivity index (χ1v) is 2.37. The van der Waals surface area contributed by atoms with Crippen LogP contribution in [0.25, 0.3) is 0 Å². The molecule has 0 unspecified atom stereocenters. The Hall–Kier alpha value is -1.77. The summed E-state index contributed by atoms with van der Waals surface area (Å²) in [5.41, 5.74) is 3.82. The maximum Gasteiger partial charge on any atom is 0.583 e. The highest BCUT2D eigenvalue weighted by atomic mass is 16.6. The molecule has 11 heavy (non-hydrogen) atoms. The van der Waals surface area contributed by atoms with Crippen LogP contribution in [0.15, 0.2) is 4.99 Å². The SMILES string of the molecule is O=[N+]([O-])[C]1N=C([N+](=O)[O-])NN1. The minimum Gasteiger partial charge on any atom is -0.390 e. The molecule has 0 fully saturated rings. The van der Waals surface area contributed by atoms with Crippen molar-refractivity contribution in [3.8, 4) is 0 Å². The summed E-state index contributed by atoms with van der Waals surface area (Å²) in [6, 6.07) is 0. The van der Waals surface area contributed by atoms with Gasteiger partial charge in [-0.3, -0.25) is 10.1 Å². The molecule has 59 valence electrons. The molecule has 2 N–H and O–H groups in total. The van der Waals surface area contributed by atoms with E-state index in [1.54, 1.807) is 0 Å². The predicted octanol–water partition coefficient (Wildman–Crippen LogP) is -1.55. The molecule has 1 radical (unpaired) electrons. The molecule has 0 bridgehead atoms. The average Bonchev–Trinajstić information content (AvgIpc) is 2.33. The lowest BCUT2D eigenvalue weighted by atomic mass is 10.9. The second-order valence-corrected chi connectivity index (χ2v) is 1.52. The normalized spacial score (nSPS) is 17.3. The first-order chi connectivity index (χ1) is 5.11.